The van der Waals surface area contributed by atoms with Crippen molar-refractivity contribution in [2.24, 2.45) is 11.8 Å². The Kier molecular flexibility index (Phi) is 4.71. The number of hydrogen-bond donors (Lipinski definition) is 0. The fraction of sp³-hybridized carbons (Fsp3) is 1.00. The number of nitrogens with zero attached hydrogens (tertiary/aromatic N) is 1. The van der Waals surface area contributed by atoms with Crippen molar-refractivity contribution < 1.29 is 0 Å². The van der Waals surface area contributed by atoms with Gasteiger partial charge in [0.25, 0.3) is 0 Å². The molecule has 0 unspecified atom stereocenters. The third-order valence-corrected chi connectivity index (χ3v) is 1.35. The molecule has 0 aromatic heterocycles. The molecule has 0 radical (unpaired) electrons. The van der Waals surface area contributed by atoms with Gasteiger partial charge in [-0.2, -0.15) is 0 Å². The molecule has 0 N–H and O–H groups in total. The summed E-state index contributed by atoms with van der Waals surface area (Å²) in [5, 5.41) is 0. The highest BCUT2D eigenvalue weighted by Gasteiger charge is 2.02. The Morgan fingerprint density at radius 1 is 0.900 bits per heavy atom. The summed E-state index contributed by atoms with van der Waals surface area (Å²) in [7, 11) is 2.19. The predicted molar refractivity (Wildman–Crippen MR) is 47.2 cm³/mol. The Morgan fingerprint density at radius 2 is 1.20 bits per heavy atom. The molecule has 1 heteroatoms. The Hall–Kier alpha value is -0.0400. The first kappa shape index (κ1) is 9.96. The zero-order valence-corrected chi connectivity index (χ0v) is 8.02. The van der Waals surface area contributed by atoms with Crippen molar-refractivity contribution in [2.45, 2.75) is 27.7 Å². The SMILES string of the molecule is CC(C)CN(C)CC(C)C. The van der Waals surface area contributed by atoms with E-state index in [1.54, 1.807) is 0 Å². The molecule has 0 fully saturated rings. The molecule has 1 nitrogen and oxygen atoms in total. The maximum atomic E-state index is 2.40. The third kappa shape index (κ3) is 6.09. The average molecular weight is 143 g/mol. The van der Waals surface area contributed by atoms with Gasteiger partial charge in [-0.25, -0.2) is 0 Å². The molecule has 62 valence electrons. The van der Waals surface area contributed by atoms with Crippen molar-refractivity contribution in [1.29, 1.82) is 0 Å². The van der Waals surface area contributed by atoms with Crippen molar-refractivity contribution in [3.63, 3.8) is 0 Å². The zero-order valence-electron chi connectivity index (χ0n) is 8.02. The first-order valence-corrected chi connectivity index (χ1v) is 4.21. The Bertz CT molecular complexity index is 66.8. The van der Waals surface area contributed by atoms with E-state index in [1.807, 2.05) is 0 Å². The molecule has 0 amide bonds. The first-order valence-electron chi connectivity index (χ1n) is 4.21. The molecule has 0 atom stereocenters. The van der Waals surface area contributed by atoms with Gasteiger partial charge in [-0.05, 0) is 18.9 Å². The van der Waals surface area contributed by atoms with Gasteiger partial charge in [0.15, 0.2) is 0 Å². The summed E-state index contributed by atoms with van der Waals surface area (Å²) in [6, 6.07) is 0. The zero-order chi connectivity index (χ0) is 8.15. The van der Waals surface area contributed by atoms with Gasteiger partial charge in [0.2, 0.25) is 0 Å². The summed E-state index contributed by atoms with van der Waals surface area (Å²) < 4.78 is 0. The molecule has 0 saturated heterocycles. The Labute approximate surface area is 65.4 Å². The van der Waals surface area contributed by atoms with Crippen LogP contribution < -0.4 is 0 Å². The van der Waals surface area contributed by atoms with Crippen molar-refractivity contribution in [1.82, 2.24) is 4.90 Å². The van der Waals surface area contributed by atoms with Gasteiger partial charge in [0.05, 0.1) is 0 Å². The number of rotatable bonds is 4. The van der Waals surface area contributed by atoms with Crippen LogP contribution in [0.1, 0.15) is 27.7 Å². The van der Waals surface area contributed by atoms with Crippen LogP contribution in [0.3, 0.4) is 0 Å². The highest BCUT2D eigenvalue weighted by molar-refractivity contribution is 4.56. The molecule has 0 saturated carbocycles. The summed E-state index contributed by atoms with van der Waals surface area (Å²) in [4.78, 5) is 2.40. The van der Waals surface area contributed by atoms with Gasteiger partial charge < -0.3 is 4.90 Å². The minimum Gasteiger partial charge on any atom is -0.306 e. The first-order chi connectivity index (χ1) is 4.52. The minimum absolute atomic E-state index is 0.795. The van der Waals surface area contributed by atoms with Crippen molar-refractivity contribution in [3.05, 3.63) is 0 Å². The average Bonchev–Trinajstić information content (AvgIpc) is 1.58. The molecule has 0 aromatic carbocycles. The molecule has 0 bridgehead atoms. The van der Waals surface area contributed by atoms with Crippen molar-refractivity contribution >= 4 is 0 Å². The van der Waals surface area contributed by atoms with Crippen molar-refractivity contribution in [3.8, 4) is 0 Å². The van der Waals surface area contributed by atoms with Crippen LogP contribution in [0.2, 0.25) is 0 Å². The van der Waals surface area contributed by atoms with Gasteiger partial charge in [-0.3, -0.25) is 0 Å². The largest absolute Gasteiger partial charge is 0.306 e. The second-order valence-corrected chi connectivity index (χ2v) is 4.01. The van der Waals surface area contributed by atoms with E-state index in [-0.39, 0.29) is 0 Å². The summed E-state index contributed by atoms with van der Waals surface area (Å²) in [6.45, 7) is 11.5. The standard InChI is InChI=1S/C9H21N/c1-8(2)6-10(5)7-9(3)4/h8-9H,6-7H2,1-5H3. The van der Waals surface area contributed by atoms with Gasteiger partial charge in [-0.15, -0.1) is 0 Å². The lowest BCUT2D eigenvalue weighted by atomic mass is 10.1. The van der Waals surface area contributed by atoms with Crippen LogP contribution >= 0.6 is 0 Å². The monoisotopic (exact) mass is 143 g/mol. The fourth-order valence-corrected chi connectivity index (χ4v) is 1.32. The lowest BCUT2D eigenvalue weighted by molar-refractivity contribution is 0.265. The van der Waals surface area contributed by atoms with E-state index in [9.17, 15) is 0 Å². The van der Waals surface area contributed by atoms with Gasteiger partial charge in [0.1, 0.15) is 0 Å². The maximum Gasteiger partial charge on any atom is 0.000144 e. The summed E-state index contributed by atoms with van der Waals surface area (Å²) >= 11 is 0. The molecule has 0 rings (SSSR count). The summed E-state index contributed by atoms with van der Waals surface area (Å²) in [6.07, 6.45) is 0. The van der Waals surface area contributed by atoms with Crippen LogP contribution in [0.15, 0.2) is 0 Å². The summed E-state index contributed by atoms with van der Waals surface area (Å²) in [5.74, 6) is 1.59. The van der Waals surface area contributed by atoms with Crippen LogP contribution in [0.4, 0.5) is 0 Å². The molecule has 0 aliphatic heterocycles. The second kappa shape index (κ2) is 4.73. The lowest BCUT2D eigenvalue weighted by Gasteiger charge is -2.20. The topological polar surface area (TPSA) is 3.24 Å². The molecule has 0 aliphatic carbocycles. The fourth-order valence-electron chi connectivity index (χ4n) is 1.32. The van der Waals surface area contributed by atoms with Crippen LogP contribution in [0.5, 0.6) is 0 Å². The second-order valence-electron chi connectivity index (χ2n) is 4.01. The number of hydrogen-bond acceptors (Lipinski definition) is 1. The van der Waals surface area contributed by atoms with Gasteiger partial charge >= 0.3 is 0 Å². The van der Waals surface area contributed by atoms with Crippen LogP contribution in [-0.4, -0.2) is 25.0 Å². The minimum atomic E-state index is 0.795. The van der Waals surface area contributed by atoms with Gasteiger partial charge in [-0.1, -0.05) is 27.7 Å². The van der Waals surface area contributed by atoms with Crippen molar-refractivity contribution in [2.75, 3.05) is 20.1 Å². The Morgan fingerprint density at radius 3 is 1.40 bits per heavy atom. The quantitative estimate of drug-likeness (QED) is 0.583. The van der Waals surface area contributed by atoms with E-state index in [0.29, 0.717) is 0 Å². The van der Waals surface area contributed by atoms with Gasteiger partial charge in [0, 0.05) is 13.1 Å². The molecule has 0 aliphatic rings. The smallest absolute Gasteiger partial charge is 0.000144 e. The lowest BCUT2D eigenvalue weighted by Crippen LogP contribution is -2.27. The third-order valence-electron chi connectivity index (χ3n) is 1.35. The predicted octanol–water partition coefficient (Wildman–Crippen LogP) is 2.23. The van der Waals surface area contributed by atoms with E-state index in [1.165, 1.54) is 13.1 Å². The molecular weight excluding hydrogens is 122 g/mol. The molecule has 10 heavy (non-hydrogen) atoms. The maximum absolute atomic E-state index is 2.40. The van der Waals surface area contributed by atoms with Crippen LogP contribution in [0, 0.1) is 11.8 Å². The Balaban J connectivity index is 3.34. The molecule has 0 heterocycles. The van der Waals surface area contributed by atoms with E-state index in [0.717, 1.165) is 11.8 Å². The normalized spacial score (nSPS) is 12.0. The van der Waals surface area contributed by atoms with E-state index in [4.69, 9.17) is 0 Å². The van der Waals surface area contributed by atoms with E-state index < -0.39 is 0 Å². The highest BCUT2D eigenvalue weighted by atomic mass is 15.1. The molecule has 0 aromatic rings. The summed E-state index contributed by atoms with van der Waals surface area (Å²) in [5.41, 5.74) is 0. The molecule has 0 spiro atoms. The van der Waals surface area contributed by atoms with E-state index >= 15 is 0 Å². The van der Waals surface area contributed by atoms with Crippen LogP contribution in [0.25, 0.3) is 0 Å². The molecular formula is C9H21N. The van der Waals surface area contributed by atoms with E-state index in [2.05, 4.69) is 39.6 Å². The van der Waals surface area contributed by atoms with Crippen LogP contribution in [-0.2, 0) is 0 Å². The highest BCUT2D eigenvalue weighted by Crippen LogP contribution is 1.99.